The van der Waals surface area contributed by atoms with Crippen molar-refractivity contribution in [1.29, 1.82) is 0 Å². The summed E-state index contributed by atoms with van der Waals surface area (Å²) in [5.74, 6) is -0.453. The lowest BCUT2D eigenvalue weighted by Gasteiger charge is -2.31. The third kappa shape index (κ3) is 6.89. The highest BCUT2D eigenvalue weighted by atomic mass is 19.4. The Morgan fingerprint density at radius 1 is 1.08 bits per heavy atom. The Kier molecular flexibility index (Phi) is 8.12. The highest BCUT2D eigenvalue weighted by Crippen LogP contribution is 2.36. The van der Waals surface area contributed by atoms with Gasteiger partial charge in [0.05, 0.1) is 0 Å². The second-order valence-corrected chi connectivity index (χ2v) is 9.16. The summed E-state index contributed by atoms with van der Waals surface area (Å²) in [5, 5.41) is 8.05. The second kappa shape index (κ2) is 11.5. The number of aryl methyl sites for hydroxylation is 1. The minimum atomic E-state index is -4.72. The van der Waals surface area contributed by atoms with Gasteiger partial charge in [0, 0.05) is 31.9 Å². The van der Waals surface area contributed by atoms with E-state index in [1.54, 1.807) is 6.92 Å². The van der Waals surface area contributed by atoms with Gasteiger partial charge in [-0.25, -0.2) is 9.97 Å². The summed E-state index contributed by atoms with van der Waals surface area (Å²) in [6, 6.07) is 10.3. The van der Waals surface area contributed by atoms with Crippen LogP contribution in [0.1, 0.15) is 42.4 Å². The lowest BCUT2D eigenvalue weighted by Crippen LogP contribution is -2.36. The summed E-state index contributed by atoms with van der Waals surface area (Å²) < 4.78 is 41.1. The van der Waals surface area contributed by atoms with E-state index < -0.39 is 23.5 Å². The molecule has 1 aromatic carbocycles. The largest absolute Gasteiger partial charge is 0.421 e. The molecule has 1 fully saturated rings. The lowest BCUT2D eigenvalue weighted by molar-refractivity contribution is -0.137. The Morgan fingerprint density at radius 3 is 2.44 bits per heavy atom. The summed E-state index contributed by atoms with van der Waals surface area (Å²) in [6.07, 6.45) is -1.22. The summed E-state index contributed by atoms with van der Waals surface area (Å²) in [7, 11) is 0. The van der Waals surface area contributed by atoms with E-state index in [0.29, 0.717) is 30.9 Å². The van der Waals surface area contributed by atoms with Gasteiger partial charge < -0.3 is 20.9 Å². The maximum Gasteiger partial charge on any atom is 0.421 e. The Morgan fingerprint density at radius 2 is 1.79 bits per heavy atom. The predicted molar refractivity (Wildman–Crippen MR) is 142 cm³/mol. The van der Waals surface area contributed by atoms with Crippen LogP contribution in [0.4, 0.5) is 42.3 Å². The molecule has 12 heteroatoms. The van der Waals surface area contributed by atoms with Crippen molar-refractivity contribution in [2.75, 3.05) is 29.0 Å². The van der Waals surface area contributed by atoms with E-state index in [-0.39, 0.29) is 23.5 Å². The number of carbonyl (C=O) groups is 2. The maximum absolute atomic E-state index is 13.7. The number of alkyl halides is 3. The number of carbonyl (C=O) groups excluding carboxylic acids is 2. The number of halogens is 3. The van der Waals surface area contributed by atoms with Crippen LogP contribution in [0.25, 0.3) is 0 Å². The Hall–Kier alpha value is -4.48. The van der Waals surface area contributed by atoms with E-state index in [2.05, 4.69) is 37.5 Å². The number of aromatic nitrogens is 3. The number of hydrogen-bond donors (Lipinski definition) is 3. The molecule has 0 saturated carbocycles. The SMILES string of the molecule is C=CC(=O)Nc1cccc(Nc2nc(Nc3ccc(C4CCN(C(C)=O)CC4)cc3C)ncc2C(F)(F)F)n1. The average molecular weight is 540 g/mol. The van der Waals surface area contributed by atoms with Gasteiger partial charge in [-0.2, -0.15) is 18.2 Å². The maximum atomic E-state index is 13.7. The van der Waals surface area contributed by atoms with E-state index in [9.17, 15) is 22.8 Å². The van der Waals surface area contributed by atoms with E-state index >= 15 is 0 Å². The standard InChI is InChI=1S/C27H28F3N7O2/c1-4-24(39)34-22-6-5-7-23(33-22)35-25-20(27(28,29)30)15-31-26(36-25)32-21-9-8-19(14-16(21)2)18-10-12-37(13-11-18)17(3)38/h4-9,14-15,18H,1,10-13H2,2-3H3,(H3,31,32,33,34,35,36,39). The molecule has 1 aliphatic heterocycles. The monoisotopic (exact) mass is 539 g/mol. The third-order valence-electron chi connectivity index (χ3n) is 6.44. The van der Waals surface area contributed by atoms with Gasteiger partial charge in [0.25, 0.3) is 0 Å². The minimum absolute atomic E-state index is 0.0350. The topological polar surface area (TPSA) is 112 Å². The second-order valence-electron chi connectivity index (χ2n) is 9.16. The molecule has 9 nitrogen and oxygen atoms in total. The van der Waals surface area contributed by atoms with Gasteiger partial charge in [-0.1, -0.05) is 24.8 Å². The fraction of sp³-hybridized carbons (Fsp3) is 0.296. The number of piperidine rings is 1. The number of rotatable bonds is 7. The molecule has 1 aliphatic rings. The molecular weight excluding hydrogens is 511 g/mol. The minimum Gasteiger partial charge on any atom is -0.343 e. The van der Waals surface area contributed by atoms with Crippen molar-refractivity contribution >= 4 is 40.9 Å². The van der Waals surface area contributed by atoms with Crippen molar-refractivity contribution in [2.45, 2.75) is 38.8 Å². The van der Waals surface area contributed by atoms with Crippen molar-refractivity contribution < 1.29 is 22.8 Å². The number of benzene rings is 1. The molecule has 0 radical (unpaired) electrons. The van der Waals surface area contributed by atoms with Crippen molar-refractivity contribution in [3.63, 3.8) is 0 Å². The van der Waals surface area contributed by atoms with E-state index in [1.165, 1.54) is 18.2 Å². The average Bonchev–Trinajstić information content (AvgIpc) is 2.89. The summed E-state index contributed by atoms with van der Waals surface area (Å²) in [6.45, 7) is 8.26. The number of anilines is 5. The van der Waals surface area contributed by atoms with Crippen LogP contribution in [0.2, 0.25) is 0 Å². The Bertz CT molecular complexity index is 1390. The number of pyridine rings is 1. The molecule has 2 amide bonds. The third-order valence-corrected chi connectivity index (χ3v) is 6.44. The van der Waals surface area contributed by atoms with Gasteiger partial charge in [0.2, 0.25) is 17.8 Å². The summed E-state index contributed by atoms with van der Waals surface area (Å²) in [5.41, 5.74) is 1.61. The van der Waals surface area contributed by atoms with Crippen molar-refractivity contribution in [3.8, 4) is 0 Å². The van der Waals surface area contributed by atoms with Gasteiger partial charge in [0.1, 0.15) is 23.0 Å². The van der Waals surface area contributed by atoms with Crippen LogP contribution in [0.5, 0.6) is 0 Å². The fourth-order valence-electron chi connectivity index (χ4n) is 4.35. The molecule has 3 aromatic rings. The van der Waals surface area contributed by atoms with Crippen molar-refractivity contribution in [2.24, 2.45) is 0 Å². The molecule has 0 unspecified atom stereocenters. The molecule has 204 valence electrons. The number of hydrogen-bond acceptors (Lipinski definition) is 7. The van der Waals surface area contributed by atoms with E-state index in [4.69, 9.17) is 0 Å². The first-order valence-electron chi connectivity index (χ1n) is 12.3. The van der Waals surface area contributed by atoms with Crippen LogP contribution in [0, 0.1) is 6.92 Å². The van der Waals surface area contributed by atoms with Crippen LogP contribution in [0.15, 0.2) is 55.3 Å². The highest BCUT2D eigenvalue weighted by Gasteiger charge is 2.35. The smallest absolute Gasteiger partial charge is 0.343 e. The van der Waals surface area contributed by atoms with Gasteiger partial charge in [-0.05, 0) is 61.1 Å². The van der Waals surface area contributed by atoms with E-state index in [0.717, 1.165) is 30.0 Å². The predicted octanol–water partition coefficient (Wildman–Crippen LogP) is 5.54. The summed E-state index contributed by atoms with van der Waals surface area (Å²) >= 11 is 0. The quantitative estimate of drug-likeness (QED) is 0.338. The Balaban J connectivity index is 1.54. The summed E-state index contributed by atoms with van der Waals surface area (Å²) in [4.78, 5) is 37.1. The molecule has 1 saturated heterocycles. The zero-order valence-electron chi connectivity index (χ0n) is 21.5. The normalized spacial score (nSPS) is 14.0. The van der Waals surface area contributed by atoms with Crippen molar-refractivity contribution in [1.82, 2.24) is 19.9 Å². The zero-order chi connectivity index (χ0) is 28.2. The zero-order valence-corrected chi connectivity index (χ0v) is 21.5. The molecule has 0 aliphatic carbocycles. The number of amides is 2. The van der Waals surface area contributed by atoms with Crippen LogP contribution < -0.4 is 16.0 Å². The van der Waals surface area contributed by atoms with Crippen LogP contribution >= 0.6 is 0 Å². The van der Waals surface area contributed by atoms with Crippen LogP contribution in [-0.4, -0.2) is 44.8 Å². The molecule has 2 aromatic heterocycles. The van der Waals surface area contributed by atoms with Gasteiger partial charge in [-0.15, -0.1) is 0 Å². The highest BCUT2D eigenvalue weighted by molar-refractivity contribution is 5.98. The molecule has 39 heavy (non-hydrogen) atoms. The fourth-order valence-corrected chi connectivity index (χ4v) is 4.35. The molecule has 0 spiro atoms. The number of likely N-dealkylation sites (tertiary alicyclic amines) is 1. The molecule has 0 atom stereocenters. The van der Waals surface area contributed by atoms with Crippen LogP contribution in [0.3, 0.4) is 0 Å². The number of nitrogens with zero attached hydrogens (tertiary/aromatic N) is 4. The molecule has 4 rings (SSSR count). The molecule has 3 heterocycles. The van der Waals surface area contributed by atoms with Crippen molar-refractivity contribution in [3.05, 3.63) is 71.9 Å². The van der Waals surface area contributed by atoms with Gasteiger partial charge in [-0.3, -0.25) is 9.59 Å². The lowest BCUT2D eigenvalue weighted by atomic mass is 9.88. The first-order valence-corrected chi connectivity index (χ1v) is 12.3. The van der Waals surface area contributed by atoms with Crippen LogP contribution in [-0.2, 0) is 15.8 Å². The number of nitrogens with one attached hydrogen (secondary N) is 3. The van der Waals surface area contributed by atoms with E-state index in [1.807, 2.05) is 30.0 Å². The molecule has 3 N–H and O–H groups in total. The first-order chi connectivity index (χ1) is 18.5. The molecular formula is C27H28F3N7O2. The molecule has 0 bridgehead atoms. The Labute approximate surface area is 223 Å². The first kappa shape index (κ1) is 27.6. The van der Waals surface area contributed by atoms with Gasteiger partial charge in [0.15, 0.2) is 0 Å². The van der Waals surface area contributed by atoms with Gasteiger partial charge >= 0.3 is 6.18 Å².